The lowest BCUT2D eigenvalue weighted by Gasteiger charge is -2.26. The maximum atomic E-state index is 12.6. The molecule has 0 saturated heterocycles. The van der Waals surface area contributed by atoms with E-state index in [1.165, 1.54) is 10.6 Å². The number of hydrogen-bond donors (Lipinski definition) is 3. The summed E-state index contributed by atoms with van der Waals surface area (Å²) in [7, 11) is 3.86. The number of para-hydroxylation sites is 1. The van der Waals surface area contributed by atoms with Crippen molar-refractivity contribution >= 4 is 23.0 Å². The number of ether oxygens (including phenoxy) is 2. The van der Waals surface area contributed by atoms with E-state index in [0.717, 1.165) is 24.8 Å². The quantitative estimate of drug-likeness (QED) is 0.338. The maximum absolute atomic E-state index is 12.6. The van der Waals surface area contributed by atoms with Crippen LogP contribution in [0.1, 0.15) is 55.1 Å². The number of nitrogens with two attached hydrogens (primary N) is 1. The second kappa shape index (κ2) is 11.0. The van der Waals surface area contributed by atoms with Gasteiger partial charge in [0.25, 0.3) is 0 Å². The molecule has 0 radical (unpaired) electrons. The summed E-state index contributed by atoms with van der Waals surface area (Å²) < 4.78 is 12.9. The van der Waals surface area contributed by atoms with Gasteiger partial charge in [-0.15, -0.1) is 0 Å². The molecule has 0 bridgehead atoms. The molecular formula is C23H32N6O5. The minimum atomic E-state index is -1.08. The van der Waals surface area contributed by atoms with Gasteiger partial charge in [0.05, 0.1) is 13.2 Å². The summed E-state index contributed by atoms with van der Waals surface area (Å²) in [5.74, 6) is -0.672. The number of carboxylic acids is 1. The molecule has 0 amide bonds. The molecule has 184 valence electrons. The van der Waals surface area contributed by atoms with E-state index >= 15 is 0 Å². The smallest absolute Gasteiger partial charge is 0.339 e. The third-order valence-corrected chi connectivity index (χ3v) is 5.57. The molecule has 0 spiro atoms. The Morgan fingerprint density at radius 2 is 2.00 bits per heavy atom. The largest absolute Gasteiger partial charge is 0.490 e. The molecule has 0 aliphatic rings. The van der Waals surface area contributed by atoms with Crippen molar-refractivity contribution < 1.29 is 19.4 Å². The van der Waals surface area contributed by atoms with E-state index in [1.54, 1.807) is 6.07 Å². The summed E-state index contributed by atoms with van der Waals surface area (Å²) >= 11 is 0. The van der Waals surface area contributed by atoms with Gasteiger partial charge >= 0.3 is 17.7 Å². The third-order valence-electron chi connectivity index (χ3n) is 5.57. The lowest BCUT2D eigenvalue weighted by molar-refractivity contribution is 0.0691. The number of carboxylic acid groups (broad SMARTS) is 1. The van der Waals surface area contributed by atoms with E-state index in [2.05, 4.69) is 15.0 Å². The molecule has 0 aliphatic heterocycles. The van der Waals surface area contributed by atoms with Crippen molar-refractivity contribution in [1.29, 1.82) is 0 Å². The van der Waals surface area contributed by atoms with Crippen LogP contribution in [-0.4, -0.2) is 62.8 Å². The van der Waals surface area contributed by atoms with Gasteiger partial charge in [-0.1, -0.05) is 32.4 Å². The van der Waals surface area contributed by atoms with E-state index in [1.807, 2.05) is 38.9 Å². The molecule has 0 fully saturated rings. The zero-order chi connectivity index (χ0) is 24.8. The first-order valence-corrected chi connectivity index (χ1v) is 11.3. The van der Waals surface area contributed by atoms with Crippen LogP contribution in [0.4, 0.5) is 5.82 Å². The predicted octanol–water partition coefficient (Wildman–Crippen LogP) is 2.67. The standard InChI is InChI=1S/C23H32N6O5/c1-5-7-12-34-22-26-19(24)17-20(27-22)29(23(32)25-17)11-13-33-18-14(16(6-2)28(3)4)9-8-10-15(18)21(30)31/h8-10,16H,5-7,11-13H2,1-4H3,(H,25,32)(H,30,31)(H2,24,26,27). The zero-order valence-corrected chi connectivity index (χ0v) is 20.0. The molecular weight excluding hydrogens is 440 g/mol. The highest BCUT2D eigenvalue weighted by Gasteiger charge is 2.23. The number of aromatic carboxylic acids is 1. The van der Waals surface area contributed by atoms with Crippen molar-refractivity contribution in [3.8, 4) is 11.8 Å². The maximum Gasteiger partial charge on any atom is 0.339 e. The average molecular weight is 473 g/mol. The van der Waals surface area contributed by atoms with Crippen LogP contribution in [0.3, 0.4) is 0 Å². The number of nitrogen functional groups attached to an aromatic ring is 1. The second-order valence-electron chi connectivity index (χ2n) is 8.14. The van der Waals surface area contributed by atoms with Crippen molar-refractivity contribution in [1.82, 2.24) is 24.4 Å². The van der Waals surface area contributed by atoms with Gasteiger partial charge < -0.3 is 30.2 Å². The number of imidazole rings is 1. The minimum Gasteiger partial charge on any atom is -0.490 e. The molecule has 2 heterocycles. The number of H-pyrrole nitrogens is 1. The Balaban J connectivity index is 1.89. The normalized spacial score (nSPS) is 12.3. The number of nitrogens with one attached hydrogen (secondary N) is 1. The summed E-state index contributed by atoms with van der Waals surface area (Å²) in [6.07, 6.45) is 2.56. The van der Waals surface area contributed by atoms with Crippen LogP contribution in [0.15, 0.2) is 23.0 Å². The van der Waals surface area contributed by atoms with Crippen LogP contribution >= 0.6 is 0 Å². The Morgan fingerprint density at radius 3 is 2.65 bits per heavy atom. The Kier molecular flexibility index (Phi) is 8.11. The van der Waals surface area contributed by atoms with Crippen LogP contribution in [-0.2, 0) is 6.54 Å². The molecule has 0 aliphatic carbocycles. The molecule has 11 nitrogen and oxygen atoms in total. The van der Waals surface area contributed by atoms with Crippen molar-refractivity contribution in [2.45, 2.75) is 45.7 Å². The Hall–Kier alpha value is -3.60. The molecule has 2 aromatic heterocycles. The summed E-state index contributed by atoms with van der Waals surface area (Å²) in [5, 5.41) is 9.70. The topological polar surface area (TPSA) is 149 Å². The highest BCUT2D eigenvalue weighted by molar-refractivity contribution is 5.91. The highest BCUT2D eigenvalue weighted by Crippen LogP contribution is 2.33. The van der Waals surface area contributed by atoms with Gasteiger partial charge in [0.1, 0.15) is 23.4 Å². The van der Waals surface area contributed by atoms with E-state index in [9.17, 15) is 14.7 Å². The van der Waals surface area contributed by atoms with E-state index < -0.39 is 11.7 Å². The van der Waals surface area contributed by atoms with Gasteiger partial charge in [0.15, 0.2) is 11.5 Å². The fourth-order valence-corrected chi connectivity index (χ4v) is 3.86. The molecule has 11 heteroatoms. The molecule has 34 heavy (non-hydrogen) atoms. The number of hydrogen-bond acceptors (Lipinski definition) is 8. The summed E-state index contributed by atoms with van der Waals surface area (Å²) in [6, 6.07) is 5.15. The van der Waals surface area contributed by atoms with Crippen molar-refractivity contribution in [2.24, 2.45) is 0 Å². The zero-order valence-electron chi connectivity index (χ0n) is 20.0. The predicted molar refractivity (Wildman–Crippen MR) is 129 cm³/mol. The Bertz CT molecular complexity index is 1200. The van der Waals surface area contributed by atoms with Crippen LogP contribution in [0.25, 0.3) is 11.2 Å². The number of unbranched alkanes of at least 4 members (excludes halogenated alkanes) is 1. The first-order valence-electron chi connectivity index (χ1n) is 11.3. The van der Waals surface area contributed by atoms with Crippen LogP contribution in [0.5, 0.6) is 11.8 Å². The molecule has 1 atom stereocenters. The molecule has 3 rings (SSSR count). The van der Waals surface area contributed by atoms with Gasteiger partial charge in [0.2, 0.25) is 0 Å². The third kappa shape index (κ3) is 5.30. The number of nitrogens with zero attached hydrogens (tertiary/aromatic N) is 4. The van der Waals surface area contributed by atoms with Gasteiger partial charge in [-0.3, -0.25) is 4.57 Å². The van der Waals surface area contributed by atoms with Gasteiger partial charge in [-0.2, -0.15) is 9.97 Å². The molecule has 0 saturated carbocycles. The summed E-state index contributed by atoms with van der Waals surface area (Å²) in [4.78, 5) is 37.6. The van der Waals surface area contributed by atoms with E-state index in [-0.39, 0.29) is 36.6 Å². The van der Waals surface area contributed by atoms with Gasteiger partial charge in [0, 0.05) is 11.6 Å². The number of aromatic amines is 1. The van der Waals surface area contributed by atoms with Gasteiger partial charge in [-0.05, 0) is 33.0 Å². The fourth-order valence-electron chi connectivity index (χ4n) is 3.86. The first kappa shape index (κ1) is 25.0. The van der Waals surface area contributed by atoms with Crippen LogP contribution in [0.2, 0.25) is 0 Å². The monoisotopic (exact) mass is 472 g/mol. The number of benzene rings is 1. The lowest BCUT2D eigenvalue weighted by atomic mass is 9.99. The number of aromatic nitrogens is 4. The number of rotatable bonds is 12. The second-order valence-corrected chi connectivity index (χ2v) is 8.14. The Labute approximate surface area is 197 Å². The first-order chi connectivity index (χ1) is 16.3. The molecule has 3 aromatic rings. The lowest BCUT2D eigenvalue weighted by Crippen LogP contribution is -2.23. The van der Waals surface area contributed by atoms with Crippen LogP contribution in [0, 0.1) is 0 Å². The van der Waals surface area contributed by atoms with Crippen molar-refractivity contribution in [3.05, 3.63) is 39.8 Å². The Morgan fingerprint density at radius 1 is 1.24 bits per heavy atom. The molecule has 4 N–H and O–H groups in total. The number of anilines is 1. The number of carbonyl (C=O) groups is 1. The number of fused-ring (bicyclic) bond motifs is 1. The van der Waals surface area contributed by atoms with E-state index in [4.69, 9.17) is 15.2 Å². The SMILES string of the molecule is CCCCOc1nc(N)c2[nH]c(=O)n(CCOc3c(C(=O)O)cccc3C(CC)N(C)C)c2n1. The van der Waals surface area contributed by atoms with Crippen LogP contribution < -0.4 is 20.9 Å². The van der Waals surface area contributed by atoms with E-state index in [0.29, 0.717) is 23.5 Å². The summed E-state index contributed by atoms with van der Waals surface area (Å²) in [5.41, 5.74) is 7.05. The average Bonchev–Trinajstić information content (AvgIpc) is 3.10. The highest BCUT2D eigenvalue weighted by atomic mass is 16.5. The minimum absolute atomic E-state index is 0.0273. The van der Waals surface area contributed by atoms with Crippen molar-refractivity contribution in [2.75, 3.05) is 33.0 Å². The van der Waals surface area contributed by atoms with Gasteiger partial charge in [-0.25, -0.2) is 9.59 Å². The molecule has 1 aromatic carbocycles. The fraction of sp³-hybridized carbons (Fsp3) is 0.478. The molecule has 1 unspecified atom stereocenters. The van der Waals surface area contributed by atoms with Crippen molar-refractivity contribution in [3.63, 3.8) is 0 Å². The summed E-state index contributed by atoms with van der Waals surface area (Å²) in [6.45, 7) is 4.68.